The van der Waals surface area contributed by atoms with Gasteiger partial charge in [-0.15, -0.1) is 0 Å². The van der Waals surface area contributed by atoms with Crippen molar-refractivity contribution in [1.82, 2.24) is 0 Å². The standard InChI is InChI=1S/C26H18F4N2O3/c27-18-10-8-17(9-11-18)25(34)31-19-12-13-22(21(14-19)26(28,29)30)32-24(33)15-35-23-7-3-5-16-4-1-2-6-20(16)23/h1-14H,15H2,(H,31,34)(H,32,33). The molecule has 5 nitrogen and oxygen atoms in total. The molecule has 4 rings (SSSR count). The highest BCUT2D eigenvalue weighted by Gasteiger charge is 2.34. The third kappa shape index (κ3) is 5.75. The van der Waals surface area contributed by atoms with E-state index in [1.165, 1.54) is 18.2 Å². The lowest BCUT2D eigenvalue weighted by molar-refractivity contribution is -0.137. The Balaban J connectivity index is 1.48. The summed E-state index contributed by atoms with van der Waals surface area (Å²) in [7, 11) is 0. The smallest absolute Gasteiger partial charge is 0.418 e. The van der Waals surface area contributed by atoms with Crippen molar-refractivity contribution in [1.29, 1.82) is 0 Å². The summed E-state index contributed by atoms with van der Waals surface area (Å²) in [5, 5.41) is 6.21. The molecule has 0 aromatic heterocycles. The number of ether oxygens (including phenoxy) is 1. The van der Waals surface area contributed by atoms with Crippen LogP contribution >= 0.6 is 0 Å². The van der Waals surface area contributed by atoms with Gasteiger partial charge in [0.2, 0.25) is 0 Å². The Morgan fingerprint density at radius 1 is 0.829 bits per heavy atom. The van der Waals surface area contributed by atoms with Gasteiger partial charge in [0, 0.05) is 16.6 Å². The molecule has 4 aromatic carbocycles. The van der Waals surface area contributed by atoms with Gasteiger partial charge < -0.3 is 15.4 Å². The minimum absolute atomic E-state index is 0.0722. The van der Waals surface area contributed by atoms with Gasteiger partial charge in [-0.05, 0) is 53.9 Å². The van der Waals surface area contributed by atoms with Crippen LogP contribution in [0.2, 0.25) is 0 Å². The highest BCUT2D eigenvalue weighted by atomic mass is 19.4. The number of anilines is 2. The average Bonchev–Trinajstić information content (AvgIpc) is 2.83. The van der Waals surface area contributed by atoms with Crippen LogP contribution in [-0.4, -0.2) is 18.4 Å². The van der Waals surface area contributed by atoms with Crippen molar-refractivity contribution in [3.05, 3.63) is 102 Å². The van der Waals surface area contributed by atoms with Crippen LogP contribution in [0.3, 0.4) is 0 Å². The Bertz CT molecular complexity index is 1380. The fourth-order valence-corrected chi connectivity index (χ4v) is 3.42. The van der Waals surface area contributed by atoms with Crippen molar-refractivity contribution in [3.63, 3.8) is 0 Å². The van der Waals surface area contributed by atoms with Gasteiger partial charge in [-0.25, -0.2) is 4.39 Å². The summed E-state index contributed by atoms with van der Waals surface area (Å²) in [5.41, 5.74) is -1.70. The Labute approximate surface area is 197 Å². The first-order chi connectivity index (χ1) is 16.7. The molecule has 2 amide bonds. The van der Waals surface area contributed by atoms with Crippen LogP contribution in [0, 0.1) is 5.82 Å². The third-order valence-electron chi connectivity index (χ3n) is 5.07. The fourth-order valence-electron chi connectivity index (χ4n) is 3.42. The average molecular weight is 482 g/mol. The topological polar surface area (TPSA) is 67.4 Å². The Hall–Kier alpha value is -4.40. The summed E-state index contributed by atoms with van der Waals surface area (Å²) in [6.45, 7) is -0.506. The molecule has 0 radical (unpaired) electrons. The van der Waals surface area contributed by atoms with E-state index < -0.39 is 41.7 Å². The highest BCUT2D eigenvalue weighted by Crippen LogP contribution is 2.37. The lowest BCUT2D eigenvalue weighted by Crippen LogP contribution is -2.22. The van der Waals surface area contributed by atoms with Crippen LogP contribution < -0.4 is 15.4 Å². The van der Waals surface area contributed by atoms with Crippen LogP contribution in [0.4, 0.5) is 28.9 Å². The number of alkyl halides is 3. The predicted octanol–water partition coefficient (Wildman–Crippen LogP) is 6.27. The van der Waals surface area contributed by atoms with Crippen LogP contribution in [0.1, 0.15) is 15.9 Å². The first kappa shape index (κ1) is 23.7. The van der Waals surface area contributed by atoms with Gasteiger partial charge in [-0.3, -0.25) is 9.59 Å². The highest BCUT2D eigenvalue weighted by molar-refractivity contribution is 6.04. The molecular weight excluding hydrogens is 464 g/mol. The summed E-state index contributed by atoms with van der Waals surface area (Å²) in [6, 6.07) is 20.1. The van der Waals surface area contributed by atoms with E-state index in [0.29, 0.717) is 11.8 Å². The van der Waals surface area contributed by atoms with Gasteiger partial charge in [0.05, 0.1) is 11.3 Å². The molecule has 0 spiro atoms. The van der Waals surface area contributed by atoms with E-state index in [9.17, 15) is 27.2 Å². The molecule has 0 saturated carbocycles. The van der Waals surface area contributed by atoms with E-state index in [0.717, 1.165) is 29.0 Å². The van der Waals surface area contributed by atoms with Crippen molar-refractivity contribution in [3.8, 4) is 5.75 Å². The summed E-state index contributed by atoms with van der Waals surface area (Å²) in [4.78, 5) is 24.6. The molecule has 0 saturated heterocycles. The number of carbonyl (C=O) groups is 2. The summed E-state index contributed by atoms with van der Waals surface area (Å²) < 4.78 is 59.6. The molecule has 0 bridgehead atoms. The Morgan fingerprint density at radius 3 is 2.29 bits per heavy atom. The van der Waals surface area contributed by atoms with Crippen LogP contribution in [0.25, 0.3) is 10.8 Å². The lowest BCUT2D eigenvalue weighted by Gasteiger charge is -2.16. The monoisotopic (exact) mass is 482 g/mol. The zero-order chi connectivity index (χ0) is 25.0. The molecule has 0 heterocycles. The first-order valence-corrected chi connectivity index (χ1v) is 10.4. The van der Waals surface area contributed by atoms with Gasteiger partial charge in [-0.1, -0.05) is 36.4 Å². The maximum atomic E-state index is 13.7. The van der Waals surface area contributed by atoms with E-state index in [1.807, 2.05) is 24.3 Å². The van der Waals surface area contributed by atoms with Crippen LogP contribution in [0.15, 0.2) is 84.9 Å². The van der Waals surface area contributed by atoms with Gasteiger partial charge in [-0.2, -0.15) is 13.2 Å². The van der Waals surface area contributed by atoms with E-state index in [2.05, 4.69) is 10.6 Å². The van der Waals surface area contributed by atoms with Gasteiger partial charge in [0.25, 0.3) is 11.8 Å². The predicted molar refractivity (Wildman–Crippen MR) is 124 cm³/mol. The molecular formula is C26H18F4N2O3. The second kappa shape index (κ2) is 9.84. The Morgan fingerprint density at radius 2 is 1.54 bits per heavy atom. The molecule has 0 atom stereocenters. The number of hydrogen-bond donors (Lipinski definition) is 2. The van der Waals surface area contributed by atoms with Gasteiger partial charge >= 0.3 is 6.18 Å². The molecule has 35 heavy (non-hydrogen) atoms. The number of hydrogen-bond acceptors (Lipinski definition) is 3. The minimum atomic E-state index is -4.81. The number of amides is 2. The molecule has 0 aliphatic rings. The van der Waals surface area contributed by atoms with Gasteiger partial charge in [0.1, 0.15) is 11.6 Å². The van der Waals surface area contributed by atoms with E-state index >= 15 is 0 Å². The zero-order valence-corrected chi connectivity index (χ0v) is 18.0. The maximum Gasteiger partial charge on any atom is 0.418 e. The minimum Gasteiger partial charge on any atom is -0.483 e. The van der Waals surface area contributed by atoms with Crippen LogP contribution in [0.5, 0.6) is 5.75 Å². The number of nitrogens with one attached hydrogen (secondary N) is 2. The molecule has 2 N–H and O–H groups in total. The summed E-state index contributed by atoms with van der Waals surface area (Å²) in [5.74, 6) is -1.62. The summed E-state index contributed by atoms with van der Waals surface area (Å²) in [6.07, 6.45) is -4.81. The van der Waals surface area contributed by atoms with Gasteiger partial charge in [0.15, 0.2) is 6.61 Å². The molecule has 0 unspecified atom stereocenters. The number of carbonyl (C=O) groups excluding carboxylic acids is 2. The first-order valence-electron chi connectivity index (χ1n) is 10.4. The van der Waals surface area contributed by atoms with E-state index in [4.69, 9.17) is 4.74 Å². The van der Waals surface area contributed by atoms with Crippen molar-refractivity contribution in [2.24, 2.45) is 0 Å². The maximum absolute atomic E-state index is 13.7. The summed E-state index contributed by atoms with van der Waals surface area (Å²) >= 11 is 0. The zero-order valence-electron chi connectivity index (χ0n) is 18.0. The molecule has 178 valence electrons. The van der Waals surface area contributed by atoms with Crippen molar-refractivity contribution in [2.45, 2.75) is 6.18 Å². The van der Waals surface area contributed by atoms with Crippen molar-refractivity contribution < 1.29 is 31.9 Å². The molecule has 0 fully saturated rings. The molecule has 4 aromatic rings. The second-order valence-corrected chi connectivity index (χ2v) is 7.53. The van der Waals surface area contributed by atoms with E-state index in [-0.39, 0.29) is 11.3 Å². The number of fused-ring (bicyclic) bond motifs is 1. The molecule has 0 aliphatic carbocycles. The number of rotatable bonds is 6. The third-order valence-corrected chi connectivity index (χ3v) is 5.07. The van der Waals surface area contributed by atoms with Crippen molar-refractivity contribution in [2.75, 3.05) is 17.2 Å². The second-order valence-electron chi connectivity index (χ2n) is 7.53. The SMILES string of the molecule is O=C(COc1cccc2ccccc12)Nc1ccc(NC(=O)c2ccc(F)cc2)cc1C(F)(F)F. The quantitative estimate of drug-likeness (QED) is 0.319. The Kier molecular flexibility index (Phi) is 6.68. The normalized spacial score (nSPS) is 11.2. The van der Waals surface area contributed by atoms with Crippen molar-refractivity contribution >= 4 is 34.0 Å². The largest absolute Gasteiger partial charge is 0.483 e. The molecule has 0 aliphatic heterocycles. The van der Waals surface area contributed by atoms with Crippen LogP contribution in [-0.2, 0) is 11.0 Å². The lowest BCUT2D eigenvalue weighted by atomic mass is 10.1. The molecule has 9 heteroatoms. The number of halogens is 4. The van der Waals surface area contributed by atoms with E-state index in [1.54, 1.807) is 18.2 Å². The fraction of sp³-hybridized carbons (Fsp3) is 0.0769. The number of benzene rings is 4.